The molecule has 0 N–H and O–H groups in total. The number of ether oxygens (including phenoxy) is 1. The molecule has 3 aromatic carbocycles. The van der Waals surface area contributed by atoms with Gasteiger partial charge in [0.05, 0.1) is 58.6 Å². The van der Waals surface area contributed by atoms with Crippen molar-refractivity contribution in [2.75, 3.05) is 26.7 Å². The Morgan fingerprint density at radius 1 is 0.456 bits per heavy atom. The van der Waals surface area contributed by atoms with E-state index in [1.165, 1.54) is 20.8 Å². The fourth-order valence-electron chi connectivity index (χ4n) is 6.07. The smallest absolute Gasteiger partial charge is 0.490 e. The summed E-state index contributed by atoms with van der Waals surface area (Å²) in [6, 6.07) is -2.13. The first-order valence-electron chi connectivity index (χ1n) is 16.0. The van der Waals surface area contributed by atoms with Crippen LogP contribution in [0.1, 0.15) is 66.6 Å². The van der Waals surface area contributed by atoms with Crippen LogP contribution in [-0.4, -0.2) is 38.5 Å². The van der Waals surface area contributed by atoms with Gasteiger partial charge in [0.15, 0.2) is 0 Å². The summed E-state index contributed by atoms with van der Waals surface area (Å²) in [4.78, 5) is 0. The lowest BCUT2D eigenvalue weighted by Gasteiger charge is -2.50. The molecule has 0 heterocycles. The minimum Gasteiger partial charge on any atom is -0.490 e. The Bertz CT molecular complexity index is 1730. The molecule has 24 heteroatoms. The van der Waals surface area contributed by atoms with E-state index in [9.17, 15) is 79.0 Å². The molecule has 0 radical (unpaired) electrons. The third-order valence-corrected chi connectivity index (χ3v) is 9.13. The Morgan fingerprint density at radius 2 is 0.772 bits per heavy atom. The van der Waals surface area contributed by atoms with Crippen molar-refractivity contribution in [3.63, 3.8) is 0 Å². The van der Waals surface area contributed by atoms with E-state index in [4.69, 9.17) is 18.7 Å². The number of hydrogen-bond donors (Lipinski definition) is 0. The lowest BCUT2D eigenvalue weighted by atomic mass is 9.90. The molecular weight excluding hydrogens is 827 g/mol. The maximum Gasteiger partial charge on any atom is 0.864 e. The lowest BCUT2D eigenvalue weighted by Crippen LogP contribution is -2.62. The third-order valence-electron chi connectivity index (χ3n) is 9.13. The van der Waals surface area contributed by atoms with Crippen LogP contribution >= 0.6 is 0 Å². The molecule has 0 saturated carbocycles. The number of alkyl halides is 18. The molecule has 1 unspecified atom stereocenters. The van der Waals surface area contributed by atoms with Crippen molar-refractivity contribution >= 4 is 7.32 Å². The van der Waals surface area contributed by atoms with Gasteiger partial charge in [-0.25, -0.2) is 0 Å². The van der Waals surface area contributed by atoms with Crippen LogP contribution in [0, 0.1) is 0 Å². The highest BCUT2D eigenvalue weighted by Crippen LogP contribution is 2.50. The fraction of sp³-hybridized carbons (Fsp3) is 0.455. The van der Waals surface area contributed by atoms with E-state index in [1.54, 1.807) is 0 Å². The van der Waals surface area contributed by atoms with Crippen LogP contribution in [-0.2, 0) is 47.5 Å². The van der Waals surface area contributed by atoms with Gasteiger partial charge in [-0.15, -0.1) is 0 Å². The van der Waals surface area contributed by atoms with Gasteiger partial charge in [0.1, 0.15) is 17.2 Å². The highest BCUT2D eigenvalue weighted by molar-refractivity contribution is 6.39. The normalized spacial score (nSPS) is 14.6. The monoisotopic (exact) mass is 856 g/mol. The zero-order valence-corrected chi connectivity index (χ0v) is 29.7. The topological polar surface area (TPSA) is 36.9 Å². The zero-order valence-electron chi connectivity index (χ0n) is 29.7. The third kappa shape index (κ3) is 10.5. The first kappa shape index (κ1) is 47.2. The average Bonchev–Trinajstić information content (AvgIpc) is 3.06. The highest BCUT2D eigenvalue weighted by atomic mass is 19.4. The molecule has 3 rings (SSSR count). The van der Waals surface area contributed by atoms with Crippen LogP contribution in [0.5, 0.6) is 17.2 Å². The Labute approximate surface area is 311 Å². The predicted octanol–water partition coefficient (Wildman–Crippen LogP) is 12.0. The summed E-state index contributed by atoms with van der Waals surface area (Å²) in [5.41, 5.74) is -16.5. The van der Waals surface area contributed by atoms with Gasteiger partial charge in [0, 0.05) is 14.0 Å². The van der Waals surface area contributed by atoms with Crippen molar-refractivity contribution < 1.29 is 102 Å². The predicted molar refractivity (Wildman–Crippen MR) is 163 cm³/mol. The average molecular weight is 856 g/mol. The first-order valence-corrected chi connectivity index (χ1v) is 16.0. The Balaban J connectivity index is 2.55. The van der Waals surface area contributed by atoms with Gasteiger partial charge in [-0.3, -0.25) is 4.48 Å². The van der Waals surface area contributed by atoms with Crippen molar-refractivity contribution in [1.82, 2.24) is 0 Å². The zero-order chi connectivity index (χ0) is 44.0. The Kier molecular flexibility index (Phi) is 13.1. The number of nitrogens with zero attached hydrogens (tertiary/aromatic N) is 1. The molecule has 0 amide bonds. The quantitative estimate of drug-likeness (QED) is 0.0787. The van der Waals surface area contributed by atoms with E-state index >= 15 is 0 Å². The van der Waals surface area contributed by atoms with Gasteiger partial charge in [-0.1, -0.05) is 0 Å². The Morgan fingerprint density at radius 3 is 1.04 bits per heavy atom. The molecule has 0 aliphatic rings. The molecule has 3 aromatic rings. The fourth-order valence-corrected chi connectivity index (χ4v) is 6.07. The van der Waals surface area contributed by atoms with E-state index in [2.05, 4.69) is 0 Å². The number of halogens is 18. The first-order chi connectivity index (χ1) is 25.7. The van der Waals surface area contributed by atoms with E-state index in [0.717, 1.165) is 14.0 Å². The molecule has 57 heavy (non-hydrogen) atoms. The summed E-state index contributed by atoms with van der Waals surface area (Å²) in [6.45, 7) is 4.91. The molecule has 0 aliphatic carbocycles. The lowest BCUT2D eigenvalue weighted by molar-refractivity contribution is -1.00. The van der Waals surface area contributed by atoms with Crippen LogP contribution in [0.2, 0.25) is 0 Å². The molecule has 0 spiro atoms. The van der Waals surface area contributed by atoms with Crippen molar-refractivity contribution in [2.45, 2.75) is 70.5 Å². The van der Waals surface area contributed by atoms with Crippen LogP contribution in [0.15, 0.2) is 48.5 Å². The molecule has 0 aliphatic heterocycles. The van der Waals surface area contributed by atoms with E-state index in [1.807, 2.05) is 0 Å². The van der Waals surface area contributed by atoms with Gasteiger partial charge in [0.2, 0.25) is 5.72 Å². The van der Waals surface area contributed by atoms with Crippen molar-refractivity contribution in [3.8, 4) is 17.2 Å². The molecule has 1 atom stereocenters. The Hall–Kier alpha value is -4.22. The van der Waals surface area contributed by atoms with Crippen LogP contribution in [0.25, 0.3) is 0 Å². The molecule has 5 nitrogen and oxygen atoms in total. The standard InChI is InChI=1S/C33H29BF18NO4/c1-6-53(7-2,8-3)27(4,54-5)26-24(33(50,51)52)15-21(32(47,48)49)16-25(26)57-34(55-22-11-17(28(35,36)37)9-18(12-22)29(38,39)40)56-23-13-19(30(41,42)43)10-20(14-23)31(44,45)46/h9-16H,6-8H2,1-5H3/q+1. The number of hydrogen-bond acceptors (Lipinski definition) is 4. The van der Waals surface area contributed by atoms with Gasteiger partial charge in [-0.05, 0) is 69.3 Å². The summed E-state index contributed by atoms with van der Waals surface area (Å²) in [5.74, 6) is -4.86. The minimum absolute atomic E-state index is 0.125. The summed E-state index contributed by atoms with van der Waals surface area (Å²) in [7, 11) is -2.50. The molecule has 0 aromatic heterocycles. The summed E-state index contributed by atoms with van der Waals surface area (Å²) in [6.07, 6.45) is -33.8. The second-order valence-electron chi connectivity index (χ2n) is 12.3. The van der Waals surface area contributed by atoms with E-state index in [0.29, 0.717) is 0 Å². The van der Waals surface area contributed by atoms with Crippen LogP contribution < -0.4 is 14.0 Å². The van der Waals surface area contributed by atoms with Crippen LogP contribution in [0.3, 0.4) is 0 Å². The van der Waals surface area contributed by atoms with Crippen molar-refractivity contribution in [1.29, 1.82) is 0 Å². The second kappa shape index (κ2) is 15.9. The van der Waals surface area contributed by atoms with Gasteiger partial charge in [-0.2, -0.15) is 79.0 Å². The molecular formula is C33H29BF18NO4+. The second-order valence-corrected chi connectivity index (χ2v) is 12.3. The SMILES string of the molecule is CC[N+](CC)(CC)C(C)(OC)c1c(OB(Oc2cc(C(F)(F)F)cc(C(F)(F)F)c2)Oc2cc(C(F)(F)F)cc(C(F)(F)F)c2)cc(C(F)(F)F)cc1C(F)(F)F. The summed E-state index contributed by atoms with van der Waals surface area (Å²) in [5, 5.41) is 0. The molecule has 0 saturated heterocycles. The molecule has 0 bridgehead atoms. The number of rotatable bonds is 12. The maximum atomic E-state index is 14.8. The van der Waals surface area contributed by atoms with Gasteiger partial charge >= 0.3 is 44.4 Å². The van der Waals surface area contributed by atoms with Crippen molar-refractivity contribution in [3.05, 3.63) is 87.5 Å². The number of benzene rings is 3. The largest absolute Gasteiger partial charge is 0.864 e. The summed E-state index contributed by atoms with van der Waals surface area (Å²) < 4.78 is 272. The number of methoxy groups -OCH3 is 1. The maximum absolute atomic E-state index is 14.8. The number of quaternary nitrogens is 1. The molecule has 0 fully saturated rings. The van der Waals surface area contributed by atoms with E-state index in [-0.39, 0.29) is 56.0 Å². The van der Waals surface area contributed by atoms with Gasteiger partial charge < -0.3 is 18.7 Å². The van der Waals surface area contributed by atoms with Crippen LogP contribution in [0.4, 0.5) is 79.0 Å². The summed E-state index contributed by atoms with van der Waals surface area (Å²) >= 11 is 0. The highest BCUT2D eigenvalue weighted by Gasteiger charge is 2.55. The molecule has 318 valence electrons. The van der Waals surface area contributed by atoms with Crippen molar-refractivity contribution in [2.24, 2.45) is 0 Å². The van der Waals surface area contributed by atoms with E-state index < -0.39 is 123 Å². The minimum atomic E-state index is -5.73. The van der Waals surface area contributed by atoms with Gasteiger partial charge in [0.25, 0.3) is 0 Å².